The second-order valence-corrected chi connectivity index (χ2v) is 5.67. The molecular formula is C10H20Br2. The molecule has 0 spiro atoms. The van der Waals surface area contributed by atoms with Crippen molar-refractivity contribution in [3.63, 3.8) is 0 Å². The van der Waals surface area contributed by atoms with E-state index in [0.29, 0.717) is 9.65 Å². The fourth-order valence-corrected chi connectivity index (χ4v) is 2.34. The van der Waals surface area contributed by atoms with E-state index in [1.165, 1.54) is 38.5 Å². The van der Waals surface area contributed by atoms with Crippen molar-refractivity contribution in [2.75, 3.05) is 0 Å². The van der Waals surface area contributed by atoms with Crippen LogP contribution in [0.5, 0.6) is 0 Å². The van der Waals surface area contributed by atoms with Gasteiger partial charge < -0.3 is 0 Å². The Labute approximate surface area is 93.8 Å². The molecule has 0 aromatic heterocycles. The third-order valence-electron chi connectivity index (χ3n) is 2.06. The summed E-state index contributed by atoms with van der Waals surface area (Å²) in [4.78, 5) is 1.34. The molecule has 2 atom stereocenters. The molecule has 0 saturated carbocycles. The molecule has 0 aliphatic heterocycles. The van der Waals surface area contributed by atoms with Gasteiger partial charge in [-0.2, -0.15) is 0 Å². The van der Waals surface area contributed by atoms with Gasteiger partial charge in [-0.3, -0.25) is 0 Å². The normalized spacial score (nSPS) is 16.0. The monoisotopic (exact) mass is 298 g/mol. The molecule has 0 heterocycles. The van der Waals surface area contributed by atoms with Crippen LogP contribution in [0.25, 0.3) is 0 Å². The summed E-state index contributed by atoms with van der Waals surface area (Å²) >= 11 is 7.46. The molecule has 0 N–H and O–H groups in total. The van der Waals surface area contributed by atoms with Gasteiger partial charge >= 0.3 is 0 Å². The Kier molecular flexibility index (Phi) is 9.24. The Balaban J connectivity index is 3.39. The molecule has 74 valence electrons. The van der Waals surface area contributed by atoms with Crippen molar-refractivity contribution in [1.82, 2.24) is 0 Å². The van der Waals surface area contributed by atoms with E-state index in [1.807, 2.05) is 0 Å². The molecular weight excluding hydrogens is 280 g/mol. The lowest BCUT2D eigenvalue weighted by atomic mass is 10.1. The van der Waals surface area contributed by atoms with Gasteiger partial charge in [0.2, 0.25) is 0 Å². The van der Waals surface area contributed by atoms with Gasteiger partial charge in [-0.1, -0.05) is 71.4 Å². The number of halogens is 2. The molecule has 0 bridgehead atoms. The molecule has 0 fully saturated rings. The van der Waals surface area contributed by atoms with Gasteiger partial charge in [0.15, 0.2) is 0 Å². The molecule has 0 saturated heterocycles. The molecule has 0 aliphatic rings. The highest BCUT2D eigenvalue weighted by Gasteiger charge is 2.13. The second kappa shape index (κ2) is 8.55. The van der Waals surface area contributed by atoms with Crippen LogP contribution in [0, 0.1) is 0 Å². The van der Waals surface area contributed by atoms with Crippen molar-refractivity contribution in [2.24, 2.45) is 0 Å². The van der Waals surface area contributed by atoms with Crippen LogP contribution in [0.2, 0.25) is 0 Å². The van der Waals surface area contributed by atoms with Crippen molar-refractivity contribution in [3.05, 3.63) is 0 Å². The number of hydrogen-bond donors (Lipinski definition) is 0. The average Bonchev–Trinajstić information content (AvgIpc) is 2.10. The van der Waals surface area contributed by atoms with Gasteiger partial charge in [0.1, 0.15) is 0 Å². The third-order valence-corrected chi connectivity index (χ3v) is 4.96. The van der Waals surface area contributed by atoms with Gasteiger partial charge in [0.05, 0.1) is 0 Å². The fourth-order valence-electron chi connectivity index (χ4n) is 1.16. The highest BCUT2D eigenvalue weighted by atomic mass is 79.9. The zero-order valence-corrected chi connectivity index (χ0v) is 11.3. The molecule has 0 aromatic carbocycles. The number of rotatable bonds is 7. The van der Waals surface area contributed by atoms with Gasteiger partial charge in [-0.05, 0) is 12.8 Å². The smallest absolute Gasteiger partial charge is 0.0271 e. The number of unbranched alkanes of at least 4 members (excludes halogenated alkanes) is 2. The predicted octanol–water partition coefficient (Wildman–Crippen LogP) is 4.89. The van der Waals surface area contributed by atoms with Crippen LogP contribution in [0.15, 0.2) is 0 Å². The zero-order chi connectivity index (χ0) is 9.40. The molecule has 0 nitrogen and oxygen atoms in total. The lowest BCUT2D eigenvalue weighted by molar-refractivity contribution is 0.621. The summed E-state index contributed by atoms with van der Waals surface area (Å²) in [5.74, 6) is 0. The first kappa shape index (κ1) is 13.0. The van der Waals surface area contributed by atoms with E-state index in [9.17, 15) is 0 Å². The van der Waals surface area contributed by atoms with E-state index >= 15 is 0 Å². The van der Waals surface area contributed by atoms with Crippen LogP contribution >= 0.6 is 31.9 Å². The van der Waals surface area contributed by atoms with Crippen molar-refractivity contribution in [1.29, 1.82) is 0 Å². The van der Waals surface area contributed by atoms with Crippen molar-refractivity contribution in [2.45, 2.75) is 62.0 Å². The van der Waals surface area contributed by atoms with Crippen LogP contribution < -0.4 is 0 Å². The van der Waals surface area contributed by atoms with Gasteiger partial charge in [0, 0.05) is 9.65 Å². The first-order valence-corrected chi connectivity index (χ1v) is 6.83. The minimum absolute atomic E-state index is 0.670. The summed E-state index contributed by atoms with van der Waals surface area (Å²) in [5.41, 5.74) is 0. The van der Waals surface area contributed by atoms with Crippen LogP contribution in [0.3, 0.4) is 0 Å². The standard InChI is InChI=1S/C10H20Br2/c1-3-5-7-9(11)10(12)8-6-4-2/h9-10H,3-8H2,1-2H3/t9-,10-/m0/s1. The summed E-state index contributed by atoms with van der Waals surface area (Å²) < 4.78 is 0. The van der Waals surface area contributed by atoms with Crippen molar-refractivity contribution in [3.8, 4) is 0 Å². The SMILES string of the molecule is CCCC[C@H](Br)[C@@H](Br)CCCC. The Hall–Kier alpha value is 0.960. The second-order valence-electron chi connectivity index (χ2n) is 3.32. The van der Waals surface area contributed by atoms with Gasteiger partial charge in [-0.15, -0.1) is 0 Å². The zero-order valence-electron chi connectivity index (χ0n) is 8.15. The van der Waals surface area contributed by atoms with Crippen LogP contribution in [-0.2, 0) is 0 Å². The van der Waals surface area contributed by atoms with Gasteiger partial charge in [0.25, 0.3) is 0 Å². The molecule has 12 heavy (non-hydrogen) atoms. The van der Waals surface area contributed by atoms with E-state index in [1.54, 1.807) is 0 Å². The summed E-state index contributed by atoms with van der Waals surface area (Å²) in [6.07, 6.45) is 7.88. The Morgan fingerprint density at radius 2 is 1.17 bits per heavy atom. The Morgan fingerprint density at radius 1 is 0.833 bits per heavy atom. The summed E-state index contributed by atoms with van der Waals surface area (Å²) in [6.45, 7) is 4.49. The summed E-state index contributed by atoms with van der Waals surface area (Å²) in [5, 5.41) is 0. The highest BCUT2D eigenvalue weighted by molar-refractivity contribution is 9.12. The fraction of sp³-hybridized carbons (Fsp3) is 1.00. The van der Waals surface area contributed by atoms with E-state index in [-0.39, 0.29) is 0 Å². The lowest BCUT2D eigenvalue weighted by Gasteiger charge is -2.15. The van der Waals surface area contributed by atoms with Crippen LogP contribution in [0.4, 0.5) is 0 Å². The van der Waals surface area contributed by atoms with Crippen molar-refractivity contribution < 1.29 is 0 Å². The third kappa shape index (κ3) is 6.47. The summed E-state index contributed by atoms with van der Waals surface area (Å²) in [6, 6.07) is 0. The number of alkyl halides is 2. The van der Waals surface area contributed by atoms with E-state index in [4.69, 9.17) is 0 Å². The quantitative estimate of drug-likeness (QED) is 0.587. The molecule has 0 unspecified atom stereocenters. The first-order valence-electron chi connectivity index (χ1n) is 5.00. The first-order chi connectivity index (χ1) is 5.72. The lowest BCUT2D eigenvalue weighted by Crippen LogP contribution is -2.13. The Bertz CT molecular complexity index is 81.8. The minimum atomic E-state index is 0.670. The minimum Gasteiger partial charge on any atom is -0.0879 e. The molecule has 0 amide bonds. The molecule has 0 rings (SSSR count). The predicted molar refractivity (Wildman–Crippen MR) is 64.5 cm³/mol. The molecule has 0 aromatic rings. The molecule has 2 heteroatoms. The maximum atomic E-state index is 3.73. The van der Waals surface area contributed by atoms with E-state index in [2.05, 4.69) is 45.7 Å². The average molecular weight is 300 g/mol. The van der Waals surface area contributed by atoms with Crippen LogP contribution in [0.1, 0.15) is 52.4 Å². The van der Waals surface area contributed by atoms with E-state index in [0.717, 1.165) is 0 Å². The maximum Gasteiger partial charge on any atom is 0.0271 e. The highest BCUT2D eigenvalue weighted by Crippen LogP contribution is 2.24. The largest absolute Gasteiger partial charge is 0.0879 e. The number of hydrogen-bond acceptors (Lipinski definition) is 0. The molecule has 0 radical (unpaired) electrons. The van der Waals surface area contributed by atoms with Gasteiger partial charge in [-0.25, -0.2) is 0 Å². The summed E-state index contributed by atoms with van der Waals surface area (Å²) in [7, 11) is 0. The maximum absolute atomic E-state index is 3.73. The Morgan fingerprint density at radius 3 is 1.42 bits per heavy atom. The van der Waals surface area contributed by atoms with Crippen LogP contribution in [-0.4, -0.2) is 9.65 Å². The topological polar surface area (TPSA) is 0 Å². The molecule has 0 aliphatic carbocycles. The van der Waals surface area contributed by atoms with E-state index < -0.39 is 0 Å². The van der Waals surface area contributed by atoms with Crippen molar-refractivity contribution >= 4 is 31.9 Å².